The number of aromatic amines is 1. The van der Waals surface area contributed by atoms with Gasteiger partial charge in [-0.15, -0.1) is 0 Å². The van der Waals surface area contributed by atoms with Gasteiger partial charge in [-0.3, -0.25) is 5.10 Å². The van der Waals surface area contributed by atoms with Crippen molar-refractivity contribution < 1.29 is 9.90 Å². The SMILES string of the molecule is Cc1cc2c(C)cc(-c3cn[nH]c3C(=O)O)nc2cc1N(C)C. The lowest BCUT2D eigenvalue weighted by atomic mass is 10.0. The van der Waals surface area contributed by atoms with Crippen LogP contribution >= 0.6 is 0 Å². The van der Waals surface area contributed by atoms with Crippen LogP contribution in [0.3, 0.4) is 0 Å². The highest BCUT2D eigenvalue weighted by molar-refractivity contribution is 5.95. The molecule has 0 aliphatic carbocycles. The van der Waals surface area contributed by atoms with E-state index in [-0.39, 0.29) is 5.69 Å². The van der Waals surface area contributed by atoms with E-state index in [1.807, 2.05) is 38.1 Å². The van der Waals surface area contributed by atoms with E-state index in [0.29, 0.717) is 11.3 Å². The molecule has 1 aromatic carbocycles. The van der Waals surface area contributed by atoms with Crippen molar-refractivity contribution in [1.29, 1.82) is 0 Å². The molecule has 0 bridgehead atoms. The molecule has 118 valence electrons. The van der Waals surface area contributed by atoms with Crippen molar-refractivity contribution >= 4 is 22.6 Å². The van der Waals surface area contributed by atoms with Gasteiger partial charge in [-0.2, -0.15) is 5.10 Å². The molecule has 0 atom stereocenters. The number of anilines is 1. The summed E-state index contributed by atoms with van der Waals surface area (Å²) in [4.78, 5) is 18.0. The fourth-order valence-electron chi connectivity index (χ4n) is 2.80. The Morgan fingerprint density at radius 1 is 1.17 bits per heavy atom. The highest BCUT2D eigenvalue weighted by Crippen LogP contribution is 2.30. The number of fused-ring (bicyclic) bond motifs is 1. The highest BCUT2D eigenvalue weighted by atomic mass is 16.4. The minimum absolute atomic E-state index is 0.0520. The maximum atomic E-state index is 11.3. The molecule has 2 heterocycles. The molecule has 0 unspecified atom stereocenters. The average molecular weight is 310 g/mol. The largest absolute Gasteiger partial charge is 0.477 e. The minimum Gasteiger partial charge on any atom is -0.477 e. The number of nitrogens with one attached hydrogen (secondary N) is 1. The third-order valence-corrected chi connectivity index (χ3v) is 3.94. The van der Waals surface area contributed by atoms with Gasteiger partial charge in [0.1, 0.15) is 0 Å². The molecule has 0 radical (unpaired) electrons. The number of aryl methyl sites for hydroxylation is 2. The lowest BCUT2D eigenvalue weighted by molar-refractivity contribution is 0.0691. The third-order valence-electron chi connectivity index (χ3n) is 3.94. The van der Waals surface area contributed by atoms with Gasteiger partial charge in [-0.05, 0) is 43.2 Å². The van der Waals surface area contributed by atoms with Gasteiger partial charge < -0.3 is 10.0 Å². The van der Waals surface area contributed by atoms with Crippen LogP contribution in [0.5, 0.6) is 0 Å². The number of H-pyrrole nitrogens is 1. The zero-order valence-electron chi connectivity index (χ0n) is 13.5. The Morgan fingerprint density at radius 3 is 2.57 bits per heavy atom. The third kappa shape index (κ3) is 2.52. The summed E-state index contributed by atoms with van der Waals surface area (Å²) >= 11 is 0. The number of benzene rings is 1. The zero-order chi connectivity index (χ0) is 16.7. The lowest BCUT2D eigenvalue weighted by Crippen LogP contribution is -2.10. The average Bonchev–Trinajstić information content (AvgIpc) is 2.96. The second kappa shape index (κ2) is 5.39. The van der Waals surface area contributed by atoms with Gasteiger partial charge in [-0.25, -0.2) is 9.78 Å². The normalized spacial score (nSPS) is 11.0. The van der Waals surface area contributed by atoms with Gasteiger partial charge in [0.25, 0.3) is 0 Å². The monoisotopic (exact) mass is 310 g/mol. The lowest BCUT2D eigenvalue weighted by Gasteiger charge is -2.17. The van der Waals surface area contributed by atoms with E-state index >= 15 is 0 Å². The molecule has 0 spiro atoms. The predicted molar refractivity (Wildman–Crippen MR) is 90.1 cm³/mol. The Labute approximate surface area is 133 Å². The summed E-state index contributed by atoms with van der Waals surface area (Å²) in [6.45, 7) is 4.07. The van der Waals surface area contributed by atoms with Crippen molar-refractivity contribution in [1.82, 2.24) is 15.2 Å². The maximum Gasteiger partial charge on any atom is 0.354 e. The van der Waals surface area contributed by atoms with Gasteiger partial charge in [0.2, 0.25) is 0 Å². The summed E-state index contributed by atoms with van der Waals surface area (Å²) < 4.78 is 0. The number of carboxylic acids is 1. The topological polar surface area (TPSA) is 82.1 Å². The summed E-state index contributed by atoms with van der Waals surface area (Å²) in [5.41, 5.74) is 5.31. The quantitative estimate of drug-likeness (QED) is 0.777. The van der Waals surface area contributed by atoms with Crippen molar-refractivity contribution in [2.45, 2.75) is 13.8 Å². The number of pyridine rings is 1. The van der Waals surface area contributed by atoms with Crippen LogP contribution in [-0.4, -0.2) is 40.4 Å². The van der Waals surface area contributed by atoms with Crippen LogP contribution < -0.4 is 4.90 Å². The minimum atomic E-state index is -1.05. The van der Waals surface area contributed by atoms with E-state index < -0.39 is 5.97 Å². The second-order valence-electron chi connectivity index (χ2n) is 5.84. The summed E-state index contributed by atoms with van der Waals surface area (Å²) in [6, 6.07) is 6.04. The van der Waals surface area contributed by atoms with Crippen LogP contribution in [0.1, 0.15) is 21.6 Å². The smallest absolute Gasteiger partial charge is 0.354 e. The summed E-state index contributed by atoms with van der Waals surface area (Å²) in [6.07, 6.45) is 1.50. The predicted octanol–water partition coefficient (Wildman–Crippen LogP) is 3.01. The Balaban J connectivity index is 2.26. The molecule has 23 heavy (non-hydrogen) atoms. The fourth-order valence-corrected chi connectivity index (χ4v) is 2.80. The number of nitrogens with zero attached hydrogens (tertiary/aromatic N) is 3. The highest BCUT2D eigenvalue weighted by Gasteiger charge is 2.17. The first-order valence-electron chi connectivity index (χ1n) is 7.25. The van der Waals surface area contributed by atoms with E-state index in [2.05, 4.69) is 28.2 Å². The van der Waals surface area contributed by atoms with E-state index in [9.17, 15) is 9.90 Å². The molecule has 6 nitrogen and oxygen atoms in total. The van der Waals surface area contributed by atoms with Crippen molar-refractivity contribution in [2.24, 2.45) is 0 Å². The first kappa shape index (κ1) is 15.0. The van der Waals surface area contributed by atoms with Gasteiger partial charge in [0.05, 0.1) is 23.0 Å². The molecule has 0 aliphatic rings. The second-order valence-corrected chi connectivity index (χ2v) is 5.84. The molecule has 0 aliphatic heterocycles. The molecule has 2 aromatic heterocycles. The van der Waals surface area contributed by atoms with E-state index in [1.54, 1.807) is 0 Å². The Bertz CT molecular complexity index is 912. The van der Waals surface area contributed by atoms with Crippen molar-refractivity contribution in [3.63, 3.8) is 0 Å². The van der Waals surface area contributed by atoms with Gasteiger partial charge >= 0.3 is 5.97 Å². The molecule has 3 rings (SSSR count). The molecule has 0 amide bonds. The Hall–Kier alpha value is -2.89. The van der Waals surface area contributed by atoms with Crippen molar-refractivity contribution in [3.8, 4) is 11.3 Å². The maximum absolute atomic E-state index is 11.3. The van der Waals surface area contributed by atoms with Crippen LogP contribution in [0.15, 0.2) is 24.4 Å². The number of hydrogen-bond donors (Lipinski definition) is 2. The number of aromatic carboxylic acids is 1. The van der Waals surface area contributed by atoms with Crippen LogP contribution in [-0.2, 0) is 0 Å². The van der Waals surface area contributed by atoms with E-state index in [1.165, 1.54) is 11.8 Å². The van der Waals surface area contributed by atoms with Crippen LogP contribution in [0.25, 0.3) is 22.2 Å². The standard InChI is InChI=1S/C17H18N4O2/c1-9-6-13(12-8-18-20-16(12)17(22)23)19-14-7-15(21(3)4)10(2)5-11(9)14/h5-8H,1-4H3,(H,18,20)(H,22,23). The molecular formula is C17H18N4O2. The first-order valence-corrected chi connectivity index (χ1v) is 7.25. The zero-order valence-corrected chi connectivity index (χ0v) is 13.5. The van der Waals surface area contributed by atoms with Gasteiger partial charge in [0, 0.05) is 25.2 Å². The number of carbonyl (C=O) groups is 1. The van der Waals surface area contributed by atoms with Crippen LogP contribution in [0, 0.1) is 13.8 Å². The Morgan fingerprint density at radius 2 is 1.91 bits per heavy atom. The molecule has 3 aromatic rings. The molecule has 0 saturated carbocycles. The molecular weight excluding hydrogens is 292 g/mol. The number of rotatable bonds is 3. The number of hydrogen-bond acceptors (Lipinski definition) is 4. The van der Waals surface area contributed by atoms with Crippen LogP contribution in [0.4, 0.5) is 5.69 Å². The number of carboxylic acid groups (broad SMARTS) is 1. The van der Waals surface area contributed by atoms with Gasteiger partial charge in [0.15, 0.2) is 5.69 Å². The van der Waals surface area contributed by atoms with E-state index in [4.69, 9.17) is 0 Å². The van der Waals surface area contributed by atoms with Crippen molar-refractivity contribution in [2.75, 3.05) is 19.0 Å². The molecule has 6 heteroatoms. The fraction of sp³-hybridized carbons (Fsp3) is 0.235. The molecule has 0 saturated heterocycles. The molecule has 0 fully saturated rings. The van der Waals surface area contributed by atoms with Crippen molar-refractivity contribution in [3.05, 3.63) is 41.2 Å². The van der Waals surface area contributed by atoms with Gasteiger partial charge in [-0.1, -0.05) is 0 Å². The molecule has 2 N–H and O–H groups in total. The Kier molecular flexibility index (Phi) is 3.52. The van der Waals surface area contributed by atoms with E-state index in [0.717, 1.165) is 22.2 Å². The summed E-state index contributed by atoms with van der Waals surface area (Å²) in [5.74, 6) is -1.05. The summed E-state index contributed by atoms with van der Waals surface area (Å²) in [5, 5.41) is 16.7. The number of aromatic nitrogens is 3. The summed E-state index contributed by atoms with van der Waals surface area (Å²) in [7, 11) is 3.98. The van der Waals surface area contributed by atoms with Crippen LogP contribution in [0.2, 0.25) is 0 Å². The first-order chi connectivity index (χ1) is 10.9.